The monoisotopic (exact) mass is 305 g/mol. The highest BCUT2D eigenvalue weighted by Gasteiger charge is 2.05. The maximum atomic E-state index is 11.8. The number of carbonyl (C=O) groups is 1. The van der Waals surface area contributed by atoms with Crippen LogP contribution in [0, 0.1) is 6.92 Å². The van der Waals surface area contributed by atoms with Crippen molar-refractivity contribution in [3.8, 4) is 0 Å². The molecule has 0 saturated carbocycles. The maximum Gasteiger partial charge on any atom is 0.324 e. The standard InChI is InChI=1S/C13H12BrN3O/c1-9-4-2-3-5-11(9)16-13(18)17-12-8-10(14)6-7-15-12/h2-8H,1H3,(H2,15,16,17,18). The minimum Gasteiger partial charge on any atom is -0.307 e. The second-order valence-electron chi connectivity index (χ2n) is 3.75. The molecule has 1 heterocycles. The van der Waals surface area contributed by atoms with E-state index in [1.54, 1.807) is 18.3 Å². The Bertz CT molecular complexity index is 572. The summed E-state index contributed by atoms with van der Waals surface area (Å²) in [4.78, 5) is 15.8. The number of amides is 2. The molecule has 2 aromatic rings. The molecule has 0 bridgehead atoms. The minimum absolute atomic E-state index is 0.310. The highest BCUT2D eigenvalue weighted by atomic mass is 79.9. The lowest BCUT2D eigenvalue weighted by Crippen LogP contribution is -2.20. The van der Waals surface area contributed by atoms with E-state index in [4.69, 9.17) is 0 Å². The van der Waals surface area contributed by atoms with Crippen molar-refractivity contribution in [3.05, 3.63) is 52.6 Å². The largest absolute Gasteiger partial charge is 0.324 e. The highest BCUT2D eigenvalue weighted by Crippen LogP contribution is 2.15. The number of aryl methyl sites for hydroxylation is 1. The van der Waals surface area contributed by atoms with Crippen molar-refractivity contribution in [2.45, 2.75) is 6.92 Å². The number of para-hydroxylation sites is 1. The number of benzene rings is 1. The van der Waals surface area contributed by atoms with Crippen molar-refractivity contribution in [2.24, 2.45) is 0 Å². The zero-order valence-electron chi connectivity index (χ0n) is 9.77. The third kappa shape index (κ3) is 3.30. The van der Waals surface area contributed by atoms with Gasteiger partial charge in [0.15, 0.2) is 0 Å². The van der Waals surface area contributed by atoms with Crippen molar-refractivity contribution >= 4 is 33.5 Å². The molecule has 2 N–H and O–H groups in total. The summed E-state index contributed by atoms with van der Waals surface area (Å²) in [6.07, 6.45) is 1.62. The average molecular weight is 306 g/mol. The van der Waals surface area contributed by atoms with Crippen LogP contribution in [0.15, 0.2) is 47.1 Å². The van der Waals surface area contributed by atoms with E-state index in [0.717, 1.165) is 15.7 Å². The van der Waals surface area contributed by atoms with E-state index >= 15 is 0 Å². The number of carbonyl (C=O) groups excluding carboxylic acids is 1. The highest BCUT2D eigenvalue weighted by molar-refractivity contribution is 9.10. The van der Waals surface area contributed by atoms with Gasteiger partial charge in [-0.05, 0) is 30.7 Å². The first-order chi connectivity index (χ1) is 8.65. The van der Waals surface area contributed by atoms with Gasteiger partial charge in [-0.3, -0.25) is 5.32 Å². The van der Waals surface area contributed by atoms with Gasteiger partial charge in [0.05, 0.1) is 0 Å². The number of hydrogen-bond donors (Lipinski definition) is 2. The Labute approximate surface area is 114 Å². The van der Waals surface area contributed by atoms with E-state index in [9.17, 15) is 4.79 Å². The summed E-state index contributed by atoms with van der Waals surface area (Å²) in [5.74, 6) is 0.496. The van der Waals surface area contributed by atoms with Crippen LogP contribution in [-0.2, 0) is 0 Å². The molecular formula is C13H12BrN3O. The molecule has 0 unspecified atom stereocenters. The number of urea groups is 1. The van der Waals surface area contributed by atoms with Gasteiger partial charge in [0.2, 0.25) is 0 Å². The van der Waals surface area contributed by atoms with Crippen LogP contribution in [-0.4, -0.2) is 11.0 Å². The fourth-order valence-corrected chi connectivity index (χ4v) is 1.79. The van der Waals surface area contributed by atoms with Crippen molar-refractivity contribution in [1.82, 2.24) is 4.98 Å². The Kier molecular flexibility index (Phi) is 3.94. The first-order valence-corrected chi connectivity index (χ1v) is 6.19. The van der Waals surface area contributed by atoms with Crippen LogP contribution in [0.25, 0.3) is 0 Å². The molecular weight excluding hydrogens is 294 g/mol. The number of pyridine rings is 1. The van der Waals surface area contributed by atoms with E-state index < -0.39 is 0 Å². The molecule has 2 amide bonds. The zero-order valence-corrected chi connectivity index (χ0v) is 11.4. The Morgan fingerprint density at radius 2 is 2.00 bits per heavy atom. The minimum atomic E-state index is -0.310. The third-order valence-corrected chi connectivity index (χ3v) is 2.85. The van der Waals surface area contributed by atoms with Crippen molar-refractivity contribution in [2.75, 3.05) is 10.6 Å². The number of anilines is 2. The summed E-state index contributed by atoms with van der Waals surface area (Å²) in [5, 5.41) is 5.44. The molecule has 0 aliphatic carbocycles. The number of aromatic nitrogens is 1. The molecule has 0 fully saturated rings. The fraction of sp³-hybridized carbons (Fsp3) is 0.0769. The summed E-state index contributed by atoms with van der Waals surface area (Å²) < 4.78 is 0.865. The summed E-state index contributed by atoms with van der Waals surface area (Å²) in [7, 11) is 0. The van der Waals surface area contributed by atoms with Crippen molar-refractivity contribution < 1.29 is 4.79 Å². The van der Waals surface area contributed by atoms with Gasteiger partial charge in [-0.1, -0.05) is 34.1 Å². The molecule has 4 nitrogen and oxygen atoms in total. The van der Waals surface area contributed by atoms with Crippen LogP contribution < -0.4 is 10.6 Å². The lowest BCUT2D eigenvalue weighted by Gasteiger charge is -2.09. The van der Waals surface area contributed by atoms with E-state index in [0.29, 0.717) is 5.82 Å². The summed E-state index contributed by atoms with van der Waals surface area (Å²) in [6.45, 7) is 1.94. The third-order valence-electron chi connectivity index (χ3n) is 2.36. The first kappa shape index (κ1) is 12.6. The first-order valence-electron chi connectivity index (χ1n) is 5.40. The Morgan fingerprint density at radius 1 is 1.22 bits per heavy atom. The number of nitrogens with one attached hydrogen (secondary N) is 2. The van der Waals surface area contributed by atoms with Gasteiger partial charge in [0.1, 0.15) is 5.82 Å². The smallest absolute Gasteiger partial charge is 0.307 e. The van der Waals surface area contributed by atoms with E-state index in [1.807, 2.05) is 31.2 Å². The molecule has 18 heavy (non-hydrogen) atoms. The Balaban J connectivity index is 2.03. The number of halogens is 1. The fourth-order valence-electron chi connectivity index (χ4n) is 1.46. The predicted molar refractivity (Wildman–Crippen MR) is 75.8 cm³/mol. The van der Waals surface area contributed by atoms with Gasteiger partial charge < -0.3 is 5.32 Å². The van der Waals surface area contributed by atoms with Gasteiger partial charge >= 0.3 is 6.03 Å². The normalized spacial score (nSPS) is 9.89. The van der Waals surface area contributed by atoms with Gasteiger partial charge in [-0.2, -0.15) is 0 Å². The number of nitrogens with zero attached hydrogens (tertiary/aromatic N) is 1. The van der Waals surface area contributed by atoms with Crippen LogP contribution >= 0.6 is 15.9 Å². The lowest BCUT2D eigenvalue weighted by molar-refractivity contribution is 0.262. The summed E-state index contributed by atoms with van der Waals surface area (Å²) >= 11 is 3.32. The second kappa shape index (κ2) is 5.64. The molecule has 0 aliphatic heterocycles. The number of hydrogen-bond acceptors (Lipinski definition) is 2. The van der Waals surface area contributed by atoms with Crippen LogP contribution in [0.4, 0.5) is 16.3 Å². The van der Waals surface area contributed by atoms with Crippen LogP contribution in [0.2, 0.25) is 0 Å². The van der Waals surface area contributed by atoms with Gasteiger partial charge in [-0.25, -0.2) is 9.78 Å². The molecule has 1 aromatic heterocycles. The molecule has 0 atom stereocenters. The lowest BCUT2D eigenvalue weighted by atomic mass is 10.2. The van der Waals surface area contributed by atoms with Crippen LogP contribution in [0.5, 0.6) is 0 Å². The quantitative estimate of drug-likeness (QED) is 0.886. The van der Waals surface area contributed by atoms with Crippen molar-refractivity contribution in [3.63, 3.8) is 0 Å². The Morgan fingerprint density at radius 3 is 2.72 bits per heavy atom. The topological polar surface area (TPSA) is 54.0 Å². The van der Waals surface area contributed by atoms with Gasteiger partial charge in [0, 0.05) is 16.4 Å². The summed E-state index contributed by atoms with van der Waals surface area (Å²) in [5.41, 5.74) is 1.79. The summed E-state index contributed by atoms with van der Waals surface area (Å²) in [6, 6.07) is 10.8. The van der Waals surface area contributed by atoms with E-state index in [2.05, 4.69) is 31.5 Å². The number of rotatable bonds is 2. The molecule has 0 spiro atoms. The second-order valence-corrected chi connectivity index (χ2v) is 4.67. The molecule has 1 aromatic carbocycles. The zero-order chi connectivity index (χ0) is 13.0. The maximum absolute atomic E-state index is 11.8. The van der Waals surface area contributed by atoms with Gasteiger partial charge in [-0.15, -0.1) is 0 Å². The molecule has 2 rings (SSSR count). The average Bonchev–Trinajstić information content (AvgIpc) is 2.32. The van der Waals surface area contributed by atoms with Crippen molar-refractivity contribution in [1.29, 1.82) is 0 Å². The van der Waals surface area contributed by atoms with Crippen LogP contribution in [0.3, 0.4) is 0 Å². The Hall–Kier alpha value is -1.88. The van der Waals surface area contributed by atoms with E-state index in [-0.39, 0.29) is 6.03 Å². The molecule has 0 aliphatic rings. The SMILES string of the molecule is Cc1ccccc1NC(=O)Nc1cc(Br)ccn1. The predicted octanol–water partition coefficient (Wildman–Crippen LogP) is 3.80. The molecule has 92 valence electrons. The van der Waals surface area contributed by atoms with E-state index in [1.165, 1.54) is 0 Å². The van der Waals surface area contributed by atoms with Gasteiger partial charge in [0.25, 0.3) is 0 Å². The molecule has 0 radical (unpaired) electrons. The molecule has 0 saturated heterocycles. The molecule has 5 heteroatoms. The van der Waals surface area contributed by atoms with Crippen LogP contribution in [0.1, 0.15) is 5.56 Å².